The van der Waals surface area contributed by atoms with Gasteiger partial charge >= 0.3 is 0 Å². The van der Waals surface area contributed by atoms with Gasteiger partial charge in [0.15, 0.2) is 11.5 Å². The lowest BCUT2D eigenvalue weighted by atomic mass is 9.99. The topological polar surface area (TPSA) is 97.4 Å². The summed E-state index contributed by atoms with van der Waals surface area (Å²) in [5.74, 6) is 0.647. The van der Waals surface area contributed by atoms with Crippen LogP contribution in [0.25, 0.3) is 0 Å². The lowest BCUT2D eigenvalue weighted by molar-refractivity contribution is -0.124. The third-order valence-electron chi connectivity index (χ3n) is 7.45. The van der Waals surface area contributed by atoms with E-state index >= 15 is 0 Å². The second-order valence-electron chi connectivity index (χ2n) is 10.5. The maximum absolute atomic E-state index is 13.9. The van der Waals surface area contributed by atoms with Gasteiger partial charge < -0.3 is 24.4 Å². The molecule has 1 saturated heterocycles. The number of piperidine rings is 1. The van der Waals surface area contributed by atoms with Crippen LogP contribution in [0.1, 0.15) is 71.9 Å². The monoisotopic (exact) mass is 537 g/mol. The van der Waals surface area contributed by atoms with Crippen molar-refractivity contribution < 1.29 is 28.6 Å². The van der Waals surface area contributed by atoms with Gasteiger partial charge in [0, 0.05) is 25.6 Å². The highest BCUT2D eigenvalue weighted by atomic mass is 16.5. The molecule has 0 unspecified atom stereocenters. The molecule has 0 spiro atoms. The van der Waals surface area contributed by atoms with Crippen molar-refractivity contribution in [3.63, 3.8) is 0 Å². The van der Waals surface area contributed by atoms with E-state index in [0.29, 0.717) is 47.8 Å². The average Bonchev–Trinajstić information content (AvgIpc) is 3.19. The summed E-state index contributed by atoms with van der Waals surface area (Å²) in [7, 11) is 5.19. The Morgan fingerprint density at radius 1 is 1.00 bits per heavy atom. The van der Waals surface area contributed by atoms with E-state index in [2.05, 4.69) is 17.3 Å². The zero-order chi connectivity index (χ0) is 28.1. The molecule has 2 aromatic rings. The lowest BCUT2D eigenvalue weighted by Gasteiger charge is -2.30. The molecule has 0 radical (unpaired) electrons. The van der Waals surface area contributed by atoms with Gasteiger partial charge in [0.05, 0.1) is 31.4 Å². The molecule has 1 atom stereocenters. The van der Waals surface area contributed by atoms with Gasteiger partial charge in [0.25, 0.3) is 11.8 Å². The van der Waals surface area contributed by atoms with Crippen LogP contribution in [-0.4, -0.2) is 74.5 Å². The van der Waals surface area contributed by atoms with E-state index in [-0.39, 0.29) is 29.7 Å². The normalized spacial score (nSPS) is 16.8. The average molecular weight is 538 g/mol. The largest absolute Gasteiger partial charge is 0.493 e. The Labute approximate surface area is 230 Å². The molecular formula is C30H39N3O6. The Bertz CT molecular complexity index is 1210. The van der Waals surface area contributed by atoms with Gasteiger partial charge in [-0.2, -0.15) is 0 Å². The van der Waals surface area contributed by atoms with Crippen molar-refractivity contribution in [3.05, 3.63) is 53.1 Å². The molecule has 9 nitrogen and oxygen atoms in total. The first-order valence-electron chi connectivity index (χ1n) is 13.6. The van der Waals surface area contributed by atoms with E-state index in [9.17, 15) is 14.4 Å². The quantitative estimate of drug-likeness (QED) is 0.341. The fourth-order valence-corrected chi connectivity index (χ4v) is 5.15. The summed E-state index contributed by atoms with van der Waals surface area (Å²) in [6, 6.07) is 10.1. The van der Waals surface area contributed by atoms with Crippen LogP contribution >= 0.6 is 0 Å². The van der Waals surface area contributed by atoms with Crippen LogP contribution in [0.2, 0.25) is 0 Å². The van der Waals surface area contributed by atoms with E-state index in [1.54, 1.807) is 44.6 Å². The van der Waals surface area contributed by atoms with Crippen LogP contribution in [0.5, 0.6) is 17.2 Å². The molecule has 4 rings (SSSR count). The second-order valence-corrected chi connectivity index (χ2v) is 10.5. The van der Waals surface area contributed by atoms with Gasteiger partial charge in [-0.3, -0.25) is 19.3 Å². The number of carbonyl (C=O) groups excluding carboxylic acids is 3. The molecule has 2 aromatic carbocycles. The third-order valence-corrected chi connectivity index (χ3v) is 7.45. The molecule has 1 N–H and O–H groups in total. The molecule has 2 heterocycles. The zero-order valence-corrected chi connectivity index (χ0v) is 23.5. The highest BCUT2D eigenvalue weighted by molar-refractivity contribution is 6.22. The lowest BCUT2D eigenvalue weighted by Crippen LogP contribution is -2.36. The number of methoxy groups -OCH3 is 2. The van der Waals surface area contributed by atoms with Gasteiger partial charge in [-0.25, -0.2) is 0 Å². The first-order chi connectivity index (χ1) is 18.7. The number of ether oxygens (including phenoxy) is 3. The summed E-state index contributed by atoms with van der Waals surface area (Å²) in [5, 5.41) is 2.92. The zero-order valence-electron chi connectivity index (χ0n) is 23.5. The van der Waals surface area contributed by atoms with Gasteiger partial charge in [-0.1, -0.05) is 26.0 Å². The molecule has 2 aliphatic rings. The summed E-state index contributed by atoms with van der Waals surface area (Å²) in [4.78, 5) is 43.3. The Kier molecular flexibility index (Phi) is 9.12. The summed E-state index contributed by atoms with van der Waals surface area (Å²) in [6.07, 6.45) is 2.76. The SMILES string of the molecule is COc1ccc([C@@H](CCCNC(=O)C(C)C)N2C(=O)c3cccc(OC4CCN(C)CC4)c3C2=O)cc1OC. The van der Waals surface area contributed by atoms with Crippen molar-refractivity contribution in [2.24, 2.45) is 5.92 Å². The fraction of sp³-hybridized carbons (Fsp3) is 0.500. The molecule has 0 aromatic heterocycles. The molecule has 9 heteroatoms. The number of imide groups is 1. The molecule has 0 saturated carbocycles. The smallest absolute Gasteiger partial charge is 0.265 e. The summed E-state index contributed by atoms with van der Waals surface area (Å²) in [5.41, 5.74) is 1.42. The molecule has 3 amide bonds. The Morgan fingerprint density at radius 2 is 1.72 bits per heavy atom. The minimum atomic E-state index is -0.565. The van der Waals surface area contributed by atoms with Gasteiger partial charge in [0.1, 0.15) is 11.9 Å². The molecule has 39 heavy (non-hydrogen) atoms. The third kappa shape index (κ3) is 6.19. The van der Waals surface area contributed by atoms with Crippen LogP contribution in [-0.2, 0) is 4.79 Å². The van der Waals surface area contributed by atoms with Crippen molar-refractivity contribution in [2.45, 2.75) is 51.7 Å². The highest BCUT2D eigenvalue weighted by Crippen LogP contribution is 2.40. The minimum absolute atomic E-state index is 0.00383. The second kappa shape index (κ2) is 12.5. The summed E-state index contributed by atoms with van der Waals surface area (Å²) >= 11 is 0. The fourth-order valence-electron chi connectivity index (χ4n) is 5.15. The summed E-state index contributed by atoms with van der Waals surface area (Å²) in [6.45, 7) is 5.97. The van der Waals surface area contributed by atoms with E-state index in [1.165, 1.54) is 4.90 Å². The van der Waals surface area contributed by atoms with E-state index in [4.69, 9.17) is 14.2 Å². The van der Waals surface area contributed by atoms with Crippen molar-refractivity contribution in [3.8, 4) is 17.2 Å². The number of carbonyl (C=O) groups is 3. The number of nitrogens with zero attached hydrogens (tertiary/aromatic N) is 2. The number of nitrogens with one attached hydrogen (secondary N) is 1. The van der Waals surface area contributed by atoms with E-state index < -0.39 is 6.04 Å². The molecule has 0 aliphatic carbocycles. The Morgan fingerprint density at radius 3 is 2.38 bits per heavy atom. The molecule has 1 fully saturated rings. The highest BCUT2D eigenvalue weighted by Gasteiger charge is 2.43. The standard InChI is InChI=1S/C30H39N3O6/c1-19(2)28(34)31-15-7-9-23(20-11-12-24(37-4)26(18-20)38-5)33-29(35)22-8-6-10-25(27(22)30(33)36)39-21-13-16-32(3)17-14-21/h6,8,10-12,18-19,21,23H,7,9,13-17H2,1-5H3,(H,31,34)/t23-/m1/s1. The Balaban J connectivity index is 1.62. The van der Waals surface area contributed by atoms with Crippen molar-refractivity contribution in [2.75, 3.05) is 40.9 Å². The molecule has 2 aliphatic heterocycles. The van der Waals surface area contributed by atoms with Gasteiger partial charge in [-0.05, 0) is 62.6 Å². The maximum atomic E-state index is 13.9. The maximum Gasteiger partial charge on any atom is 0.265 e. The predicted molar refractivity (Wildman–Crippen MR) is 147 cm³/mol. The van der Waals surface area contributed by atoms with Gasteiger partial charge in [0.2, 0.25) is 5.91 Å². The number of fused-ring (bicyclic) bond motifs is 1. The molecule has 210 valence electrons. The van der Waals surface area contributed by atoms with Crippen LogP contribution in [0.15, 0.2) is 36.4 Å². The van der Waals surface area contributed by atoms with Gasteiger partial charge in [-0.15, -0.1) is 0 Å². The first-order valence-corrected chi connectivity index (χ1v) is 13.6. The number of benzene rings is 2. The number of hydrogen-bond acceptors (Lipinski definition) is 7. The molecule has 0 bridgehead atoms. The van der Waals surface area contributed by atoms with E-state index in [0.717, 1.165) is 31.5 Å². The summed E-state index contributed by atoms with van der Waals surface area (Å²) < 4.78 is 17.2. The predicted octanol–water partition coefficient (Wildman–Crippen LogP) is 4.07. The Hall–Kier alpha value is -3.59. The van der Waals surface area contributed by atoms with Crippen molar-refractivity contribution in [1.29, 1.82) is 0 Å². The van der Waals surface area contributed by atoms with Crippen molar-refractivity contribution >= 4 is 17.7 Å². The van der Waals surface area contributed by atoms with Crippen LogP contribution < -0.4 is 19.5 Å². The van der Waals surface area contributed by atoms with Crippen molar-refractivity contribution in [1.82, 2.24) is 15.1 Å². The van der Waals surface area contributed by atoms with E-state index in [1.807, 2.05) is 19.9 Å². The van der Waals surface area contributed by atoms with Crippen LogP contribution in [0.3, 0.4) is 0 Å². The number of hydrogen-bond donors (Lipinski definition) is 1. The number of amides is 3. The first kappa shape index (κ1) is 28.4. The van der Waals surface area contributed by atoms with Crippen LogP contribution in [0.4, 0.5) is 0 Å². The number of likely N-dealkylation sites (tertiary alicyclic amines) is 1. The number of rotatable bonds is 11. The minimum Gasteiger partial charge on any atom is -0.493 e. The van der Waals surface area contributed by atoms with Crippen LogP contribution in [0, 0.1) is 5.92 Å². The molecular weight excluding hydrogens is 498 g/mol.